The molecule has 0 fully saturated rings. The molecule has 3 aromatic rings. The minimum atomic E-state index is -0.882. The number of carbonyl (C=O) groups is 2. The number of halogens is 2. The van der Waals surface area contributed by atoms with Gasteiger partial charge in [0, 0.05) is 21.7 Å². The molecule has 0 unspecified atom stereocenters. The summed E-state index contributed by atoms with van der Waals surface area (Å²) in [5.41, 5.74) is 1.32. The quantitative estimate of drug-likeness (QED) is 0.593. The summed E-state index contributed by atoms with van der Waals surface area (Å²) in [7, 11) is 0. The van der Waals surface area contributed by atoms with Gasteiger partial charge in [-0.3, -0.25) is 14.2 Å². The lowest BCUT2D eigenvalue weighted by atomic mass is 9.97. The fourth-order valence-corrected chi connectivity index (χ4v) is 3.57. The van der Waals surface area contributed by atoms with Gasteiger partial charge in [0.2, 0.25) is 0 Å². The number of esters is 1. The number of carbonyl (C=O) groups excluding carboxylic acids is 2. The molecule has 7 heteroatoms. The maximum Gasteiger partial charge on any atom is 0.313 e. The van der Waals surface area contributed by atoms with Crippen LogP contribution in [0.15, 0.2) is 36.4 Å². The summed E-state index contributed by atoms with van der Waals surface area (Å²) in [5.74, 6) is -3.21. The highest BCUT2D eigenvalue weighted by atomic mass is 35.5. The van der Waals surface area contributed by atoms with Gasteiger partial charge in [-0.25, -0.2) is 4.39 Å². The van der Waals surface area contributed by atoms with Gasteiger partial charge in [0.1, 0.15) is 0 Å². The Hall–Kier alpha value is -2.86. The smallest absolute Gasteiger partial charge is 0.313 e. The van der Waals surface area contributed by atoms with Crippen LogP contribution in [0.2, 0.25) is 5.02 Å². The summed E-state index contributed by atoms with van der Waals surface area (Å²) in [6, 6.07) is 8.96. The van der Waals surface area contributed by atoms with E-state index in [2.05, 4.69) is 0 Å². The summed E-state index contributed by atoms with van der Waals surface area (Å²) in [6.45, 7) is 6.67. The SMILES string of the molecule is Cc1c([C@@H](C)C(=O)OC(C)C)c2c(F)c(O)ccc2n1C(=O)c1ccc(Cl)cc1. The first-order chi connectivity index (χ1) is 13.6. The highest BCUT2D eigenvalue weighted by molar-refractivity contribution is 6.30. The molecule has 1 aromatic heterocycles. The molecule has 1 atom stereocenters. The van der Waals surface area contributed by atoms with Gasteiger partial charge in [0.15, 0.2) is 11.6 Å². The van der Waals surface area contributed by atoms with Crippen molar-refractivity contribution in [2.45, 2.75) is 39.7 Å². The highest BCUT2D eigenvalue weighted by Crippen LogP contribution is 2.37. The van der Waals surface area contributed by atoms with Crippen LogP contribution in [-0.2, 0) is 9.53 Å². The average molecular weight is 418 g/mol. The van der Waals surface area contributed by atoms with E-state index in [1.807, 2.05) is 0 Å². The van der Waals surface area contributed by atoms with Crippen LogP contribution in [0.3, 0.4) is 0 Å². The zero-order valence-corrected chi connectivity index (χ0v) is 17.2. The fourth-order valence-electron chi connectivity index (χ4n) is 3.44. The molecule has 0 radical (unpaired) electrons. The van der Waals surface area contributed by atoms with Crippen molar-refractivity contribution < 1.29 is 23.8 Å². The Morgan fingerprint density at radius 2 is 1.72 bits per heavy atom. The molecule has 0 aliphatic carbocycles. The first-order valence-corrected chi connectivity index (χ1v) is 9.54. The van der Waals surface area contributed by atoms with Crippen molar-refractivity contribution in [3.05, 3.63) is 64.1 Å². The molecule has 3 rings (SSSR count). The third-order valence-corrected chi connectivity index (χ3v) is 5.02. The lowest BCUT2D eigenvalue weighted by molar-refractivity contribution is -0.148. The largest absolute Gasteiger partial charge is 0.505 e. The van der Waals surface area contributed by atoms with Crippen molar-refractivity contribution in [1.82, 2.24) is 4.57 Å². The Morgan fingerprint density at radius 3 is 2.31 bits per heavy atom. The minimum Gasteiger partial charge on any atom is -0.505 e. The van der Waals surface area contributed by atoms with E-state index in [0.29, 0.717) is 21.8 Å². The normalized spacial score (nSPS) is 12.4. The summed E-state index contributed by atoms with van der Waals surface area (Å²) in [6.07, 6.45) is -0.340. The Kier molecular flexibility index (Phi) is 5.66. The van der Waals surface area contributed by atoms with E-state index in [4.69, 9.17) is 16.3 Å². The van der Waals surface area contributed by atoms with Gasteiger partial charge in [-0.1, -0.05) is 11.6 Å². The number of benzene rings is 2. The third kappa shape index (κ3) is 3.72. The second-order valence-electron chi connectivity index (χ2n) is 7.15. The lowest BCUT2D eigenvalue weighted by Crippen LogP contribution is -2.19. The molecule has 5 nitrogen and oxygen atoms in total. The monoisotopic (exact) mass is 417 g/mol. The maximum atomic E-state index is 14.9. The second-order valence-corrected chi connectivity index (χ2v) is 7.58. The number of phenolic OH excluding ortho intramolecular Hbond substituents is 1. The molecule has 0 spiro atoms. The fraction of sp³-hybridized carbons (Fsp3) is 0.273. The summed E-state index contributed by atoms with van der Waals surface area (Å²) >= 11 is 5.90. The van der Waals surface area contributed by atoms with Crippen LogP contribution in [0.25, 0.3) is 10.9 Å². The molecular weight excluding hydrogens is 397 g/mol. The van der Waals surface area contributed by atoms with Crippen molar-refractivity contribution in [2.75, 3.05) is 0 Å². The van der Waals surface area contributed by atoms with Gasteiger partial charge in [-0.05, 0) is 69.7 Å². The third-order valence-electron chi connectivity index (χ3n) is 4.77. The molecule has 2 aromatic carbocycles. The predicted octanol–water partition coefficient (Wildman–Crippen LogP) is 5.19. The van der Waals surface area contributed by atoms with Crippen molar-refractivity contribution in [1.29, 1.82) is 0 Å². The first-order valence-electron chi connectivity index (χ1n) is 9.16. The van der Waals surface area contributed by atoms with Gasteiger partial charge in [0.05, 0.1) is 17.5 Å². The van der Waals surface area contributed by atoms with Crippen LogP contribution in [-0.4, -0.2) is 27.7 Å². The molecule has 1 N–H and O–H groups in total. The number of hydrogen-bond acceptors (Lipinski definition) is 4. The van der Waals surface area contributed by atoms with E-state index in [1.165, 1.54) is 16.7 Å². The van der Waals surface area contributed by atoms with Crippen LogP contribution >= 0.6 is 11.6 Å². The van der Waals surface area contributed by atoms with Crippen LogP contribution in [0, 0.1) is 12.7 Å². The topological polar surface area (TPSA) is 68.5 Å². The molecule has 152 valence electrons. The number of aromatic hydroxyl groups is 1. The summed E-state index contributed by atoms with van der Waals surface area (Å²) in [5, 5.41) is 10.4. The van der Waals surface area contributed by atoms with Crippen LogP contribution in [0.4, 0.5) is 4.39 Å². The standard InChI is InChI=1S/C22H21ClFNO4/c1-11(2)29-22(28)12(3)18-13(4)25(16-9-10-17(26)20(24)19(16)18)21(27)14-5-7-15(23)8-6-14/h5-12,26H,1-4H3/t12-/m1/s1. The first kappa shape index (κ1) is 20.9. The van der Waals surface area contributed by atoms with Crippen LogP contribution in [0.5, 0.6) is 5.75 Å². The van der Waals surface area contributed by atoms with Crippen LogP contribution in [0.1, 0.15) is 48.3 Å². The predicted molar refractivity (Wildman–Crippen MR) is 109 cm³/mol. The molecule has 1 heterocycles. The van der Waals surface area contributed by atoms with Gasteiger partial charge >= 0.3 is 5.97 Å². The average Bonchev–Trinajstić information content (AvgIpc) is 2.96. The zero-order valence-electron chi connectivity index (χ0n) is 16.5. The molecular formula is C22H21ClFNO4. The number of ether oxygens (including phenoxy) is 1. The van der Waals surface area contributed by atoms with Crippen molar-refractivity contribution in [3.63, 3.8) is 0 Å². The van der Waals surface area contributed by atoms with Gasteiger partial charge < -0.3 is 9.84 Å². The number of nitrogens with zero attached hydrogens (tertiary/aromatic N) is 1. The molecule has 0 saturated heterocycles. The van der Waals surface area contributed by atoms with Gasteiger partial charge in [-0.15, -0.1) is 0 Å². The van der Waals surface area contributed by atoms with Gasteiger partial charge in [0.25, 0.3) is 5.91 Å². The van der Waals surface area contributed by atoms with E-state index in [-0.39, 0.29) is 17.0 Å². The van der Waals surface area contributed by atoms with E-state index < -0.39 is 29.4 Å². The van der Waals surface area contributed by atoms with Gasteiger partial charge in [-0.2, -0.15) is 0 Å². The molecule has 0 amide bonds. The maximum absolute atomic E-state index is 14.9. The number of rotatable bonds is 4. The number of aromatic nitrogens is 1. The zero-order chi connectivity index (χ0) is 21.5. The minimum absolute atomic E-state index is 0.0259. The molecule has 0 saturated carbocycles. The van der Waals surface area contributed by atoms with E-state index >= 15 is 0 Å². The Balaban J connectivity index is 2.26. The van der Waals surface area contributed by atoms with Crippen LogP contribution < -0.4 is 0 Å². The molecule has 0 aliphatic rings. The molecule has 29 heavy (non-hydrogen) atoms. The van der Waals surface area contributed by atoms with E-state index in [9.17, 15) is 19.1 Å². The summed E-state index contributed by atoms with van der Waals surface area (Å²) in [4.78, 5) is 25.7. The Morgan fingerprint density at radius 1 is 1.10 bits per heavy atom. The number of fused-ring (bicyclic) bond motifs is 1. The second kappa shape index (κ2) is 7.87. The van der Waals surface area contributed by atoms with Crippen molar-refractivity contribution >= 4 is 34.4 Å². The molecule has 0 aliphatic heterocycles. The Bertz CT molecular complexity index is 1100. The molecule has 0 bridgehead atoms. The summed E-state index contributed by atoms with van der Waals surface area (Å²) < 4.78 is 21.5. The van der Waals surface area contributed by atoms with E-state index in [1.54, 1.807) is 52.0 Å². The van der Waals surface area contributed by atoms with Crippen molar-refractivity contribution in [3.8, 4) is 5.75 Å². The highest BCUT2D eigenvalue weighted by Gasteiger charge is 2.30. The number of hydrogen-bond donors (Lipinski definition) is 1. The lowest BCUT2D eigenvalue weighted by Gasteiger charge is -2.15. The Labute approximate surface area is 172 Å². The van der Waals surface area contributed by atoms with Crippen molar-refractivity contribution in [2.24, 2.45) is 0 Å². The number of phenols is 1. The van der Waals surface area contributed by atoms with E-state index in [0.717, 1.165) is 0 Å².